The molecular formula is C15H28N4O. The van der Waals surface area contributed by atoms with Gasteiger partial charge >= 0.3 is 0 Å². The van der Waals surface area contributed by atoms with E-state index in [4.69, 9.17) is 0 Å². The molecule has 0 saturated heterocycles. The summed E-state index contributed by atoms with van der Waals surface area (Å²) in [6, 6.07) is 0.359. The third kappa shape index (κ3) is 3.04. The molecule has 1 aliphatic rings. The zero-order valence-corrected chi connectivity index (χ0v) is 13.0. The number of likely N-dealkylation sites (N-methyl/N-ethyl adjacent to an activating group) is 1. The Bertz CT molecular complexity index is 428. The predicted molar refractivity (Wildman–Crippen MR) is 79.8 cm³/mol. The van der Waals surface area contributed by atoms with E-state index >= 15 is 0 Å². The van der Waals surface area contributed by atoms with Gasteiger partial charge in [0, 0.05) is 18.4 Å². The summed E-state index contributed by atoms with van der Waals surface area (Å²) in [5.74, 6) is 2.02. The van der Waals surface area contributed by atoms with Crippen molar-refractivity contribution in [2.24, 2.45) is 0 Å². The van der Waals surface area contributed by atoms with E-state index in [1.807, 2.05) is 0 Å². The van der Waals surface area contributed by atoms with Gasteiger partial charge in [-0.3, -0.25) is 0 Å². The zero-order chi connectivity index (χ0) is 14.6. The second-order valence-corrected chi connectivity index (χ2v) is 5.81. The Balaban J connectivity index is 2.21. The summed E-state index contributed by atoms with van der Waals surface area (Å²) in [6.45, 7) is 7.42. The summed E-state index contributed by atoms with van der Waals surface area (Å²) >= 11 is 0. The molecule has 0 radical (unpaired) electrons. The molecule has 2 rings (SSSR count). The van der Waals surface area contributed by atoms with Crippen LogP contribution in [0.1, 0.15) is 64.1 Å². The van der Waals surface area contributed by atoms with Gasteiger partial charge in [-0.25, -0.2) is 9.67 Å². The molecule has 114 valence electrons. The van der Waals surface area contributed by atoms with Crippen LogP contribution in [0.15, 0.2) is 0 Å². The summed E-state index contributed by atoms with van der Waals surface area (Å²) < 4.78 is 2.12. The van der Waals surface area contributed by atoms with Gasteiger partial charge in [0.1, 0.15) is 5.82 Å². The maximum Gasteiger partial charge on any atom is 0.150 e. The van der Waals surface area contributed by atoms with Crippen molar-refractivity contribution in [3.05, 3.63) is 11.6 Å². The molecule has 1 aromatic heterocycles. The van der Waals surface area contributed by atoms with Gasteiger partial charge in [0.05, 0.1) is 12.6 Å². The largest absolute Gasteiger partial charge is 0.394 e. The maximum atomic E-state index is 9.81. The van der Waals surface area contributed by atoms with E-state index in [1.54, 1.807) is 0 Å². The van der Waals surface area contributed by atoms with Crippen LogP contribution in [0.2, 0.25) is 0 Å². The first kappa shape index (κ1) is 15.4. The predicted octanol–water partition coefficient (Wildman–Crippen LogP) is 1.86. The van der Waals surface area contributed by atoms with Gasteiger partial charge in [0.25, 0.3) is 0 Å². The average molecular weight is 280 g/mol. The first-order chi connectivity index (χ1) is 9.68. The molecule has 1 saturated carbocycles. The van der Waals surface area contributed by atoms with Crippen LogP contribution >= 0.6 is 0 Å². The van der Waals surface area contributed by atoms with Gasteiger partial charge in [-0.05, 0) is 32.2 Å². The highest BCUT2D eigenvalue weighted by Gasteiger charge is 2.36. The van der Waals surface area contributed by atoms with Crippen LogP contribution in [-0.2, 0) is 12.8 Å². The van der Waals surface area contributed by atoms with Crippen molar-refractivity contribution in [2.45, 2.75) is 70.9 Å². The van der Waals surface area contributed by atoms with Gasteiger partial charge in [0.15, 0.2) is 5.82 Å². The normalized spacial score (nSPS) is 26.9. The lowest BCUT2D eigenvalue weighted by Gasteiger charge is -2.40. The molecule has 1 aliphatic carbocycles. The Morgan fingerprint density at radius 3 is 2.75 bits per heavy atom. The van der Waals surface area contributed by atoms with Gasteiger partial charge in [-0.15, -0.1) is 0 Å². The topological polar surface area (TPSA) is 63.0 Å². The van der Waals surface area contributed by atoms with Crippen LogP contribution in [0.4, 0.5) is 0 Å². The Morgan fingerprint density at radius 2 is 2.15 bits per heavy atom. The molecule has 1 heterocycles. The fourth-order valence-electron chi connectivity index (χ4n) is 3.36. The lowest BCUT2D eigenvalue weighted by Crippen LogP contribution is -2.52. The molecule has 0 spiro atoms. The molecule has 1 aromatic rings. The Kier molecular flexibility index (Phi) is 5.16. The molecule has 0 bridgehead atoms. The van der Waals surface area contributed by atoms with Crippen LogP contribution in [0, 0.1) is 0 Å². The quantitative estimate of drug-likeness (QED) is 0.835. The molecule has 2 unspecified atom stereocenters. The third-order valence-corrected chi connectivity index (χ3v) is 4.40. The Labute approximate surface area is 121 Å². The Hall–Kier alpha value is -0.940. The van der Waals surface area contributed by atoms with Crippen molar-refractivity contribution in [1.82, 2.24) is 20.1 Å². The smallest absolute Gasteiger partial charge is 0.150 e. The first-order valence-corrected chi connectivity index (χ1v) is 7.98. The minimum absolute atomic E-state index is 0.138. The van der Waals surface area contributed by atoms with Crippen LogP contribution in [-0.4, -0.2) is 38.6 Å². The number of aromatic nitrogens is 3. The second-order valence-electron chi connectivity index (χ2n) is 5.81. The van der Waals surface area contributed by atoms with Crippen LogP contribution in [0.5, 0.6) is 0 Å². The van der Waals surface area contributed by atoms with Crippen molar-refractivity contribution >= 4 is 0 Å². The third-order valence-electron chi connectivity index (χ3n) is 4.40. The number of hydrogen-bond donors (Lipinski definition) is 2. The average Bonchev–Trinajstić information content (AvgIpc) is 2.91. The van der Waals surface area contributed by atoms with Crippen molar-refractivity contribution in [3.8, 4) is 0 Å². The lowest BCUT2D eigenvalue weighted by atomic mass is 9.79. The van der Waals surface area contributed by atoms with Gasteiger partial charge < -0.3 is 10.4 Å². The fourth-order valence-corrected chi connectivity index (χ4v) is 3.36. The molecule has 20 heavy (non-hydrogen) atoms. The SMILES string of the molecule is CCNC1(CO)CCCC(n2nc(CC)nc2CC)C1. The summed E-state index contributed by atoms with van der Waals surface area (Å²) in [4.78, 5) is 4.61. The van der Waals surface area contributed by atoms with E-state index in [-0.39, 0.29) is 12.1 Å². The lowest BCUT2D eigenvalue weighted by molar-refractivity contribution is 0.0951. The molecule has 2 N–H and O–H groups in total. The number of aryl methyl sites for hydroxylation is 2. The molecule has 5 heteroatoms. The van der Waals surface area contributed by atoms with Crippen LogP contribution < -0.4 is 5.32 Å². The molecule has 5 nitrogen and oxygen atoms in total. The highest BCUT2D eigenvalue weighted by Crippen LogP contribution is 2.35. The van der Waals surface area contributed by atoms with Crippen molar-refractivity contribution in [1.29, 1.82) is 0 Å². The van der Waals surface area contributed by atoms with E-state index < -0.39 is 0 Å². The molecule has 0 aliphatic heterocycles. The fraction of sp³-hybridized carbons (Fsp3) is 0.867. The van der Waals surface area contributed by atoms with Crippen molar-refractivity contribution < 1.29 is 5.11 Å². The number of nitrogens with zero attached hydrogens (tertiary/aromatic N) is 3. The summed E-state index contributed by atoms with van der Waals surface area (Å²) in [5.41, 5.74) is -0.138. The first-order valence-electron chi connectivity index (χ1n) is 7.98. The second kappa shape index (κ2) is 6.68. The van der Waals surface area contributed by atoms with E-state index in [0.29, 0.717) is 6.04 Å². The van der Waals surface area contributed by atoms with Crippen molar-refractivity contribution in [2.75, 3.05) is 13.2 Å². The maximum absolute atomic E-state index is 9.81. The number of hydrogen-bond acceptors (Lipinski definition) is 4. The molecule has 0 amide bonds. The van der Waals surface area contributed by atoms with Gasteiger partial charge in [0.2, 0.25) is 0 Å². The zero-order valence-electron chi connectivity index (χ0n) is 13.0. The molecule has 1 fully saturated rings. The minimum Gasteiger partial charge on any atom is -0.394 e. The van der Waals surface area contributed by atoms with Gasteiger partial charge in [-0.2, -0.15) is 5.10 Å². The standard InChI is InChI=1S/C15H28N4O/c1-4-13-17-14(5-2)19(18-13)12-8-7-9-15(10-12,11-20)16-6-3/h12,16,20H,4-11H2,1-3H3. The molecule has 2 atom stereocenters. The van der Waals surface area contributed by atoms with E-state index in [2.05, 4.69) is 40.9 Å². The van der Waals surface area contributed by atoms with Crippen LogP contribution in [0.3, 0.4) is 0 Å². The monoisotopic (exact) mass is 280 g/mol. The minimum atomic E-state index is -0.138. The van der Waals surface area contributed by atoms with E-state index in [1.165, 1.54) is 0 Å². The van der Waals surface area contributed by atoms with Gasteiger partial charge in [-0.1, -0.05) is 20.8 Å². The summed E-state index contributed by atoms with van der Waals surface area (Å²) in [5, 5.41) is 18.0. The summed E-state index contributed by atoms with van der Waals surface area (Å²) in [6.07, 6.45) is 6.04. The van der Waals surface area contributed by atoms with E-state index in [9.17, 15) is 5.11 Å². The number of aliphatic hydroxyl groups is 1. The Morgan fingerprint density at radius 1 is 1.35 bits per heavy atom. The number of aliphatic hydroxyl groups excluding tert-OH is 1. The van der Waals surface area contributed by atoms with Crippen LogP contribution in [0.25, 0.3) is 0 Å². The number of rotatable bonds is 6. The highest BCUT2D eigenvalue weighted by atomic mass is 16.3. The van der Waals surface area contributed by atoms with E-state index in [0.717, 1.165) is 56.7 Å². The number of nitrogens with one attached hydrogen (secondary N) is 1. The highest BCUT2D eigenvalue weighted by molar-refractivity contribution is 5.00. The summed E-state index contributed by atoms with van der Waals surface area (Å²) in [7, 11) is 0. The molecular weight excluding hydrogens is 252 g/mol. The van der Waals surface area contributed by atoms with Crippen molar-refractivity contribution in [3.63, 3.8) is 0 Å². The molecule has 0 aromatic carbocycles.